The summed E-state index contributed by atoms with van der Waals surface area (Å²) in [7, 11) is -3.69. The van der Waals surface area contributed by atoms with Crippen LogP contribution < -0.4 is 9.62 Å². The SMILES string of the molecule is CC(C(=O)NCCCc1ccccc1)N(c1ccc(Cl)c(Cl)c1)S(C)(=O)=O. The fourth-order valence-corrected chi connectivity index (χ4v) is 4.19. The first-order chi connectivity index (χ1) is 12.7. The monoisotopic (exact) mass is 428 g/mol. The molecule has 0 heterocycles. The Hall–Kier alpha value is -1.76. The normalized spacial score (nSPS) is 12.4. The average Bonchev–Trinajstić information content (AvgIpc) is 2.61. The fourth-order valence-electron chi connectivity index (χ4n) is 2.73. The zero-order valence-corrected chi connectivity index (χ0v) is 17.5. The maximum absolute atomic E-state index is 12.5. The largest absolute Gasteiger partial charge is 0.354 e. The molecule has 1 unspecified atom stereocenters. The van der Waals surface area contributed by atoms with Crippen molar-refractivity contribution >= 4 is 44.8 Å². The highest BCUT2D eigenvalue weighted by Crippen LogP contribution is 2.29. The van der Waals surface area contributed by atoms with E-state index in [-0.39, 0.29) is 10.9 Å². The second kappa shape index (κ2) is 9.44. The van der Waals surface area contributed by atoms with Crippen LogP contribution in [0.25, 0.3) is 0 Å². The molecule has 8 heteroatoms. The van der Waals surface area contributed by atoms with Crippen molar-refractivity contribution in [1.29, 1.82) is 0 Å². The molecule has 1 atom stereocenters. The molecule has 0 spiro atoms. The van der Waals surface area contributed by atoms with Crippen molar-refractivity contribution in [2.45, 2.75) is 25.8 Å². The number of halogens is 2. The number of carbonyl (C=O) groups is 1. The van der Waals surface area contributed by atoms with Crippen LogP contribution in [0, 0.1) is 0 Å². The molecule has 1 N–H and O–H groups in total. The molecule has 5 nitrogen and oxygen atoms in total. The van der Waals surface area contributed by atoms with Crippen LogP contribution in [0.4, 0.5) is 5.69 Å². The van der Waals surface area contributed by atoms with Gasteiger partial charge < -0.3 is 5.32 Å². The van der Waals surface area contributed by atoms with Crippen molar-refractivity contribution < 1.29 is 13.2 Å². The van der Waals surface area contributed by atoms with Gasteiger partial charge in [-0.15, -0.1) is 0 Å². The Morgan fingerprint density at radius 1 is 1.11 bits per heavy atom. The van der Waals surface area contributed by atoms with E-state index in [9.17, 15) is 13.2 Å². The molecule has 27 heavy (non-hydrogen) atoms. The van der Waals surface area contributed by atoms with Gasteiger partial charge in [-0.2, -0.15) is 0 Å². The van der Waals surface area contributed by atoms with Crippen molar-refractivity contribution in [3.63, 3.8) is 0 Å². The molecular formula is C19H22Cl2N2O3S. The predicted octanol–water partition coefficient (Wildman–Crippen LogP) is 3.90. The summed E-state index contributed by atoms with van der Waals surface area (Å²) >= 11 is 11.9. The van der Waals surface area contributed by atoms with E-state index < -0.39 is 16.1 Å². The molecular weight excluding hydrogens is 407 g/mol. The summed E-state index contributed by atoms with van der Waals surface area (Å²) in [4.78, 5) is 12.5. The van der Waals surface area contributed by atoms with Crippen LogP contribution in [0.2, 0.25) is 10.0 Å². The summed E-state index contributed by atoms with van der Waals surface area (Å²) in [6.45, 7) is 1.99. The van der Waals surface area contributed by atoms with Crippen LogP contribution in [-0.4, -0.2) is 33.2 Å². The van der Waals surface area contributed by atoms with Gasteiger partial charge in [-0.05, 0) is 43.5 Å². The van der Waals surface area contributed by atoms with Gasteiger partial charge in [0, 0.05) is 6.54 Å². The Morgan fingerprint density at radius 3 is 2.37 bits per heavy atom. The fraction of sp³-hybridized carbons (Fsp3) is 0.316. The van der Waals surface area contributed by atoms with E-state index >= 15 is 0 Å². The van der Waals surface area contributed by atoms with E-state index in [1.807, 2.05) is 30.3 Å². The topological polar surface area (TPSA) is 66.5 Å². The number of aryl methyl sites for hydroxylation is 1. The number of anilines is 1. The molecule has 0 aliphatic rings. The lowest BCUT2D eigenvalue weighted by Crippen LogP contribution is -2.48. The highest BCUT2D eigenvalue weighted by Gasteiger charge is 2.29. The second-order valence-corrected chi connectivity index (χ2v) is 8.89. The third kappa shape index (κ3) is 6.13. The highest BCUT2D eigenvalue weighted by atomic mass is 35.5. The van der Waals surface area contributed by atoms with Crippen molar-refractivity contribution in [2.24, 2.45) is 0 Å². The van der Waals surface area contributed by atoms with Gasteiger partial charge in [0.15, 0.2) is 0 Å². The van der Waals surface area contributed by atoms with Crippen LogP contribution in [0.3, 0.4) is 0 Å². The average molecular weight is 429 g/mol. The van der Waals surface area contributed by atoms with Crippen molar-refractivity contribution in [2.75, 3.05) is 17.1 Å². The molecule has 0 fully saturated rings. The molecule has 0 saturated carbocycles. The third-order valence-electron chi connectivity index (χ3n) is 4.03. The standard InChI is InChI=1S/C19H22Cl2N2O3S/c1-14(19(24)22-12-6-9-15-7-4-3-5-8-15)23(27(2,25)26)16-10-11-17(20)18(21)13-16/h3-5,7-8,10-11,13-14H,6,9,12H2,1-2H3,(H,22,24). The Labute approximate surface area is 170 Å². The molecule has 2 rings (SSSR count). The smallest absolute Gasteiger partial charge is 0.243 e. The van der Waals surface area contributed by atoms with Crippen LogP contribution in [0.15, 0.2) is 48.5 Å². The Kier molecular flexibility index (Phi) is 7.53. The predicted molar refractivity (Wildman–Crippen MR) is 111 cm³/mol. The lowest BCUT2D eigenvalue weighted by Gasteiger charge is -2.28. The first kappa shape index (κ1) is 21.5. The van der Waals surface area contributed by atoms with Gasteiger partial charge in [-0.25, -0.2) is 8.42 Å². The first-order valence-electron chi connectivity index (χ1n) is 8.46. The van der Waals surface area contributed by atoms with E-state index in [0.29, 0.717) is 17.3 Å². The number of rotatable bonds is 8. The molecule has 2 aromatic rings. The summed E-state index contributed by atoms with van der Waals surface area (Å²) in [6.07, 6.45) is 2.64. The maximum Gasteiger partial charge on any atom is 0.243 e. The summed E-state index contributed by atoms with van der Waals surface area (Å²) in [5.74, 6) is -0.375. The van der Waals surface area contributed by atoms with Crippen LogP contribution in [-0.2, 0) is 21.2 Å². The molecule has 2 aromatic carbocycles. The van der Waals surface area contributed by atoms with Crippen LogP contribution in [0.1, 0.15) is 18.9 Å². The highest BCUT2D eigenvalue weighted by molar-refractivity contribution is 7.92. The summed E-state index contributed by atoms with van der Waals surface area (Å²) in [5.41, 5.74) is 1.48. The number of hydrogen-bond acceptors (Lipinski definition) is 3. The molecule has 146 valence electrons. The molecule has 0 aromatic heterocycles. The van der Waals surface area contributed by atoms with Gasteiger partial charge in [-0.1, -0.05) is 53.5 Å². The van der Waals surface area contributed by atoms with Gasteiger partial charge in [-0.3, -0.25) is 9.10 Å². The molecule has 0 aliphatic heterocycles. The minimum atomic E-state index is -3.69. The van der Waals surface area contributed by atoms with Gasteiger partial charge in [0.25, 0.3) is 0 Å². The molecule has 0 saturated heterocycles. The number of sulfonamides is 1. The Morgan fingerprint density at radius 2 is 1.78 bits per heavy atom. The van der Waals surface area contributed by atoms with Gasteiger partial charge in [0.1, 0.15) is 6.04 Å². The quantitative estimate of drug-likeness (QED) is 0.648. The van der Waals surface area contributed by atoms with Gasteiger partial charge >= 0.3 is 0 Å². The lowest BCUT2D eigenvalue weighted by molar-refractivity contribution is -0.121. The Balaban J connectivity index is 2.03. The lowest BCUT2D eigenvalue weighted by atomic mass is 10.1. The van der Waals surface area contributed by atoms with E-state index in [1.54, 1.807) is 0 Å². The number of carbonyl (C=O) groups excluding carboxylic acids is 1. The van der Waals surface area contributed by atoms with Crippen molar-refractivity contribution in [1.82, 2.24) is 5.32 Å². The van der Waals surface area contributed by atoms with E-state index in [2.05, 4.69) is 5.32 Å². The number of nitrogens with one attached hydrogen (secondary N) is 1. The summed E-state index contributed by atoms with van der Waals surface area (Å²) in [5, 5.41) is 3.33. The second-order valence-electron chi connectivity index (χ2n) is 6.21. The Bertz CT molecular complexity index is 889. The van der Waals surface area contributed by atoms with E-state index in [0.717, 1.165) is 23.4 Å². The van der Waals surface area contributed by atoms with Crippen molar-refractivity contribution in [3.8, 4) is 0 Å². The third-order valence-corrected chi connectivity index (χ3v) is 6.01. The molecule has 0 radical (unpaired) electrons. The number of amides is 1. The minimum absolute atomic E-state index is 0.221. The first-order valence-corrected chi connectivity index (χ1v) is 11.1. The van der Waals surface area contributed by atoms with E-state index in [1.165, 1.54) is 30.7 Å². The molecule has 0 bridgehead atoms. The minimum Gasteiger partial charge on any atom is -0.354 e. The van der Waals surface area contributed by atoms with Crippen molar-refractivity contribution in [3.05, 3.63) is 64.1 Å². The zero-order chi connectivity index (χ0) is 20.0. The summed E-state index contributed by atoms with van der Waals surface area (Å²) in [6, 6.07) is 13.5. The van der Waals surface area contributed by atoms with Crippen LogP contribution >= 0.6 is 23.2 Å². The molecule has 1 amide bonds. The number of nitrogens with zero attached hydrogens (tertiary/aromatic N) is 1. The van der Waals surface area contributed by atoms with Gasteiger partial charge in [0.05, 0.1) is 22.0 Å². The molecule has 0 aliphatic carbocycles. The van der Waals surface area contributed by atoms with Crippen LogP contribution in [0.5, 0.6) is 0 Å². The maximum atomic E-state index is 12.5. The number of hydrogen-bond donors (Lipinski definition) is 1. The van der Waals surface area contributed by atoms with E-state index in [4.69, 9.17) is 23.2 Å². The number of benzene rings is 2. The summed E-state index contributed by atoms with van der Waals surface area (Å²) < 4.78 is 25.6. The van der Waals surface area contributed by atoms with Gasteiger partial charge in [0.2, 0.25) is 15.9 Å². The zero-order valence-electron chi connectivity index (χ0n) is 15.2.